The Morgan fingerprint density at radius 3 is 2.65 bits per heavy atom. The maximum atomic E-state index is 12.0. The van der Waals surface area contributed by atoms with Crippen LogP contribution in [0, 0.1) is 12.3 Å². The second-order valence-electron chi connectivity index (χ2n) is 3.77. The standard InChI is InChI=1S/C14H17NO2/c1-4-11-15-14(3,13(16)17-5-2)12-9-7-6-8-10-12/h1,6-10,15H,5,11H2,2-3H3. The van der Waals surface area contributed by atoms with Crippen LogP contribution in [-0.2, 0) is 15.1 Å². The molecule has 0 aliphatic rings. The van der Waals surface area contributed by atoms with Gasteiger partial charge in [0.15, 0.2) is 0 Å². The Morgan fingerprint density at radius 1 is 1.47 bits per heavy atom. The van der Waals surface area contributed by atoms with Crippen molar-refractivity contribution in [3.8, 4) is 12.3 Å². The first-order valence-electron chi connectivity index (χ1n) is 5.56. The van der Waals surface area contributed by atoms with Crippen LogP contribution in [0.5, 0.6) is 0 Å². The fourth-order valence-electron chi connectivity index (χ4n) is 1.57. The molecule has 0 aliphatic heterocycles. The Morgan fingerprint density at radius 2 is 2.12 bits per heavy atom. The highest BCUT2D eigenvalue weighted by atomic mass is 16.5. The zero-order chi connectivity index (χ0) is 12.7. The summed E-state index contributed by atoms with van der Waals surface area (Å²) in [5.41, 5.74) is -0.0578. The third-order valence-corrected chi connectivity index (χ3v) is 2.58. The number of hydrogen-bond acceptors (Lipinski definition) is 3. The van der Waals surface area contributed by atoms with Crippen molar-refractivity contribution in [2.75, 3.05) is 13.2 Å². The van der Waals surface area contributed by atoms with Gasteiger partial charge in [-0.3, -0.25) is 5.32 Å². The van der Waals surface area contributed by atoms with Crippen molar-refractivity contribution in [1.29, 1.82) is 0 Å². The van der Waals surface area contributed by atoms with Gasteiger partial charge in [0.2, 0.25) is 0 Å². The molecular weight excluding hydrogens is 214 g/mol. The van der Waals surface area contributed by atoms with Crippen molar-refractivity contribution in [1.82, 2.24) is 5.32 Å². The van der Waals surface area contributed by atoms with Gasteiger partial charge in [0.25, 0.3) is 0 Å². The van der Waals surface area contributed by atoms with Crippen LogP contribution in [0.3, 0.4) is 0 Å². The fraction of sp³-hybridized carbons (Fsp3) is 0.357. The van der Waals surface area contributed by atoms with E-state index in [2.05, 4.69) is 11.2 Å². The van der Waals surface area contributed by atoms with E-state index in [1.165, 1.54) is 0 Å². The summed E-state index contributed by atoms with van der Waals surface area (Å²) in [5.74, 6) is 2.15. The molecule has 0 aliphatic carbocycles. The Kier molecular flexibility index (Phi) is 4.74. The summed E-state index contributed by atoms with van der Waals surface area (Å²) in [5, 5.41) is 3.04. The summed E-state index contributed by atoms with van der Waals surface area (Å²) >= 11 is 0. The molecular formula is C14H17NO2. The Labute approximate surface area is 102 Å². The van der Waals surface area contributed by atoms with Gasteiger partial charge in [0.05, 0.1) is 13.2 Å². The smallest absolute Gasteiger partial charge is 0.330 e. The van der Waals surface area contributed by atoms with Gasteiger partial charge < -0.3 is 4.74 Å². The van der Waals surface area contributed by atoms with Gasteiger partial charge >= 0.3 is 5.97 Å². The van der Waals surface area contributed by atoms with Gasteiger partial charge in [-0.25, -0.2) is 4.79 Å². The minimum atomic E-state index is -0.899. The summed E-state index contributed by atoms with van der Waals surface area (Å²) in [6.45, 7) is 4.21. The van der Waals surface area contributed by atoms with E-state index in [-0.39, 0.29) is 5.97 Å². The minimum absolute atomic E-state index is 0.310. The molecule has 0 saturated heterocycles. The normalized spacial score (nSPS) is 13.5. The average molecular weight is 231 g/mol. The van der Waals surface area contributed by atoms with Gasteiger partial charge in [0, 0.05) is 0 Å². The van der Waals surface area contributed by atoms with E-state index in [0.29, 0.717) is 13.2 Å². The predicted molar refractivity (Wildman–Crippen MR) is 67.3 cm³/mol. The summed E-state index contributed by atoms with van der Waals surface area (Å²) in [4.78, 5) is 12.0. The topological polar surface area (TPSA) is 38.3 Å². The zero-order valence-electron chi connectivity index (χ0n) is 10.2. The van der Waals surface area contributed by atoms with Crippen molar-refractivity contribution in [2.24, 2.45) is 0 Å². The van der Waals surface area contributed by atoms with Gasteiger partial charge in [-0.1, -0.05) is 36.3 Å². The fourth-order valence-corrected chi connectivity index (χ4v) is 1.57. The maximum absolute atomic E-state index is 12.0. The average Bonchev–Trinajstić information content (AvgIpc) is 2.37. The second-order valence-corrected chi connectivity index (χ2v) is 3.77. The van der Waals surface area contributed by atoms with Crippen LogP contribution in [-0.4, -0.2) is 19.1 Å². The van der Waals surface area contributed by atoms with Crippen LogP contribution in [0.15, 0.2) is 30.3 Å². The molecule has 1 N–H and O–H groups in total. The molecule has 0 spiro atoms. The van der Waals surface area contributed by atoms with E-state index in [4.69, 9.17) is 11.2 Å². The molecule has 1 rings (SSSR count). The van der Waals surface area contributed by atoms with Crippen molar-refractivity contribution >= 4 is 5.97 Å². The molecule has 0 amide bonds. The first-order valence-corrected chi connectivity index (χ1v) is 5.56. The monoisotopic (exact) mass is 231 g/mol. The Balaban J connectivity index is 3.02. The Bertz CT molecular complexity index is 408. The highest BCUT2D eigenvalue weighted by Crippen LogP contribution is 2.22. The molecule has 0 aromatic heterocycles. The lowest BCUT2D eigenvalue weighted by molar-refractivity contribution is -0.150. The van der Waals surface area contributed by atoms with Gasteiger partial charge in [-0.2, -0.15) is 0 Å². The van der Waals surface area contributed by atoms with Gasteiger partial charge in [-0.15, -0.1) is 6.42 Å². The van der Waals surface area contributed by atoms with E-state index in [1.54, 1.807) is 13.8 Å². The van der Waals surface area contributed by atoms with E-state index in [1.807, 2.05) is 30.3 Å². The first-order chi connectivity index (χ1) is 8.15. The molecule has 0 saturated carbocycles. The lowest BCUT2D eigenvalue weighted by atomic mass is 9.92. The molecule has 0 fully saturated rings. The first kappa shape index (κ1) is 13.3. The molecule has 3 nitrogen and oxygen atoms in total. The molecule has 3 heteroatoms. The third-order valence-electron chi connectivity index (χ3n) is 2.58. The molecule has 1 aromatic carbocycles. The number of terminal acetylenes is 1. The second kappa shape index (κ2) is 6.07. The summed E-state index contributed by atoms with van der Waals surface area (Å²) in [7, 11) is 0. The summed E-state index contributed by atoms with van der Waals surface area (Å²) < 4.78 is 5.09. The molecule has 17 heavy (non-hydrogen) atoms. The van der Waals surface area contributed by atoms with Gasteiger partial charge in [-0.05, 0) is 19.4 Å². The third kappa shape index (κ3) is 3.08. The lowest BCUT2D eigenvalue weighted by Gasteiger charge is -2.28. The number of esters is 1. The van der Waals surface area contributed by atoms with E-state index in [9.17, 15) is 4.79 Å². The molecule has 0 radical (unpaired) electrons. The number of nitrogens with one attached hydrogen (secondary N) is 1. The van der Waals surface area contributed by atoms with Crippen molar-refractivity contribution in [2.45, 2.75) is 19.4 Å². The molecule has 1 atom stereocenters. The number of carbonyl (C=O) groups is 1. The molecule has 1 aromatic rings. The van der Waals surface area contributed by atoms with E-state index >= 15 is 0 Å². The van der Waals surface area contributed by atoms with Crippen molar-refractivity contribution in [3.05, 3.63) is 35.9 Å². The molecule has 0 heterocycles. The van der Waals surface area contributed by atoms with Crippen LogP contribution in [0.25, 0.3) is 0 Å². The van der Waals surface area contributed by atoms with Crippen LogP contribution < -0.4 is 5.32 Å². The van der Waals surface area contributed by atoms with Crippen LogP contribution in [0.1, 0.15) is 19.4 Å². The number of ether oxygens (including phenoxy) is 1. The lowest BCUT2D eigenvalue weighted by Crippen LogP contribution is -2.47. The summed E-state index contributed by atoms with van der Waals surface area (Å²) in [6, 6.07) is 9.41. The van der Waals surface area contributed by atoms with Crippen molar-refractivity contribution in [3.63, 3.8) is 0 Å². The molecule has 90 valence electrons. The van der Waals surface area contributed by atoms with Crippen LogP contribution >= 0.6 is 0 Å². The quantitative estimate of drug-likeness (QED) is 0.619. The number of benzene rings is 1. The van der Waals surface area contributed by atoms with E-state index < -0.39 is 5.54 Å². The molecule has 0 bridgehead atoms. The van der Waals surface area contributed by atoms with Crippen molar-refractivity contribution < 1.29 is 9.53 Å². The largest absolute Gasteiger partial charge is 0.464 e. The number of rotatable bonds is 5. The van der Waals surface area contributed by atoms with Gasteiger partial charge in [0.1, 0.15) is 5.54 Å². The number of hydrogen-bond donors (Lipinski definition) is 1. The zero-order valence-corrected chi connectivity index (χ0v) is 10.2. The minimum Gasteiger partial charge on any atom is -0.464 e. The highest BCUT2D eigenvalue weighted by Gasteiger charge is 2.35. The number of carbonyl (C=O) groups excluding carboxylic acids is 1. The maximum Gasteiger partial charge on any atom is 0.330 e. The van der Waals surface area contributed by atoms with E-state index in [0.717, 1.165) is 5.56 Å². The Hall–Kier alpha value is -1.79. The SMILES string of the molecule is C#CCNC(C)(C(=O)OCC)c1ccccc1. The molecule has 1 unspecified atom stereocenters. The predicted octanol–water partition coefficient (Wildman–Crippen LogP) is 1.69. The summed E-state index contributed by atoms with van der Waals surface area (Å²) in [6.07, 6.45) is 5.22. The highest BCUT2D eigenvalue weighted by molar-refractivity contribution is 5.82. The van der Waals surface area contributed by atoms with Crippen LogP contribution in [0.4, 0.5) is 0 Å². The van der Waals surface area contributed by atoms with Crippen LogP contribution in [0.2, 0.25) is 0 Å².